The Bertz CT molecular complexity index is 707. The summed E-state index contributed by atoms with van der Waals surface area (Å²) in [6, 6.07) is 10.4. The molecule has 2 aromatic heterocycles. The molecule has 4 nitrogen and oxygen atoms in total. The molecule has 3 rings (SSSR count). The van der Waals surface area contributed by atoms with E-state index in [0.29, 0.717) is 0 Å². The fraction of sp³-hybridized carbons (Fsp3) is 0.214. The third kappa shape index (κ3) is 2.22. The van der Waals surface area contributed by atoms with Crippen molar-refractivity contribution < 1.29 is 0 Å². The van der Waals surface area contributed by atoms with Gasteiger partial charge in [-0.25, -0.2) is 0 Å². The van der Waals surface area contributed by atoms with Crippen LogP contribution in [-0.4, -0.2) is 21.6 Å². The van der Waals surface area contributed by atoms with Crippen molar-refractivity contribution >= 4 is 22.4 Å². The average Bonchev–Trinajstić information content (AvgIpc) is 2.86. The maximum absolute atomic E-state index is 4.51. The number of aromatic nitrogens is 3. The van der Waals surface area contributed by atoms with Crippen molar-refractivity contribution in [2.75, 3.05) is 7.05 Å². The van der Waals surface area contributed by atoms with Crippen LogP contribution in [-0.2, 0) is 0 Å². The van der Waals surface area contributed by atoms with E-state index in [-0.39, 0.29) is 6.04 Å². The summed E-state index contributed by atoms with van der Waals surface area (Å²) in [5.74, 6) is 0. The molecule has 2 heterocycles. The van der Waals surface area contributed by atoms with Gasteiger partial charge in [-0.05, 0) is 43.2 Å². The zero-order valence-electron chi connectivity index (χ0n) is 10.8. The van der Waals surface area contributed by atoms with Crippen LogP contribution in [0, 0.1) is 6.92 Å². The maximum atomic E-state index is 4.51. The van der Waals surface area contributed by atoms with Crippen molar-refractivity contribution in [3.05, 3.63) is 52.7 Å². The van der Waals surface area contributed by atoms with E-state index >= 15 is 0 Å². The molecule has 0 radical (unpaired) electrons. The lowest BCUT2D eigenvalue weighted by Gasteiger charge is -2.15. The number of fused-ring (bicyclic) bond motifs is 1. The zero-order chi connectivity index (χ0) is 13.2. The first-order valence-corrected chi connectivity index (χ1v) is 6.87. The predicted molar refractivity (Wildman–Crippen MR) is 77.3 cm³/mol. The average molecular weight is 270 g/mol. The minimum atomic E-state index is 0.0945. The van der Waals surface area contributed by atoms with Gasteiger partial charge < -0.3 is 5.32 Å². The van der Waals surface area contributed by atoms with Crippen LogP contribution in [0.4, 0.5) is 0 Å². The van der Waals surface area contributed by atoms with E-state index in [0.717, 1.165) is 27.0 Å². The van der Waals surface area contributed by atoms with Gasteiger partial charge >= 0.3 is 0 Å². The monoisotopic (exact) mass is 270 g/mol. The fourth-order valence-corrected chi connectivity index (χ4v) is 2.98. The highest BCUT2D eigenvalue weighted by Gasteiger charge is 2.18. The van der Waals surface area contributed by atoms with E-state index in [9.17, 15) is 0 Å². The Kier molecular flexibility index (Phi) is 3.23. The molecule has 0 amide bonds. The lowest BCUT2D eigenvalue weighted by molar-refractivity contribution is 0.695. The Morgan fingerprint density at radius 2 is 2.11 bits per heavy atom. The van der Waals surface area contributed by atoms with Crippen molar-refractivity contribution in [3.8, 4) is 0 Å². The Labute approximate surface area is 115 Å². The van der Waals surface area contributed by atoms with Gasteiger partial charge in [0, 0.05) is 11.6 Å². The number of nitrogens with zero attached hydrogens (tertiary/aromatic N) is 3. The molecule has 5 heteroatoms. The van der Waals surface area contributed by atoms with Crippen LogP contribution in [0.3, 0.4) is 0 Å². The minimum Gasteiger partial charge on any atom is -0.309 e. The summed E-state index contributed by atoms with van der Waals surface area (Å²) in [4.78, 5) is 5.65. The standard InChI is InChI=1S/C14H14N4S/c1-9-14(19-18-17-9)13(15-2)11-7-10-5-3-4-6-12(10)16-8-11/h3-8,13,15H,1-2H3. The summed E-state index contributed by atoms with van der Waals surface area (Å²) in [5.41, 5.74) is 3.12. The van der Waals surface area contributed by atoms with Gasteiger partial charge in [0.2, 0.25) is 0 Å². The van der Waals surface area contributed by atoms with Crippen molar-refractivity contribution in [1.82, 2.24) is 19.9 Å². The molecule has 1 unspecified atom stereocenters. The summed E-state index contributed by atoms with van der Waals surface area (Å²) >= 11 is 1.43. The highest BCUT2D eigenvalue weighted by Crippen LogP contribution is 2.27. The largest absolute Gasteiger partial charge is 0.309 e. The molecule has 1 N–H and O–H groups in total. The molecular weight excluding hydrogens is 256 g/mol. The molecule has 19 heavy (non-hydrogen) atoms. The molecule has 1 atom stereocenters. The van der Waals surface area contributed by atoms with E-state index in [1.807, 2.05) is 38.4 Å². The van der Waals surface area contributed by atoms with E-state index in [4.69, 9.17) is 0 Å². The zero-order valence-corrected chi connectivity index (χ0v) is 11.6. The molecule has 0 aliphatic carbocycles. The van der Waals surface area contributed by atoms with Crippen LogP contribution in [0.15, 0.2) is 36.5 Å². The Balaban J connectivity index is 2.09. The summed E-state index contributed by atoms with van der Waals surface area (Å²) < 4.78 is 4.01. The molecule has 0 saturated heterocycles. The van der Waals surface area contributed by atoms with Gasteiger partial charge in [-0.15, -0.1) is 5.10 Å². The number of nitrogens with one attached hydrogen (secondary N) is 1. The molecule has 96 valence electrons. The van der Waals surface area contributed by atoms with Crippen LogP contribution < -0.4 is 5.32 Å². The summed E-state index contributed by atoms with van der Waals surface area (Å²) in [6.45, 7) is 1.98. The van der Waals surface area contributed by atoms with Gasteiger partial charge in [0.05, 0.1) is 22.1 Å². The lowest BCUT2D eigenvalue weighted by Crippen LogP contribution is -2.17. The normalized spacial score (nSPS) is 12.7. The first kappa shape index (κ1) is 12.2. The van der Waals surface area contributed by atoms with Gasteiger partial charge in [0.15, 0.2) is 0 Å². The molecular formula is C14H14N4S. The molecule has 0 aliphatic heterocycles. The molecule has 0 saturated carbocycles. The number of pyridine rings is 1. The molecule has 0 fully saturated rings. The molecule has 1 aromatic carbocycles. The van der Waals surface area contributed by atoms with Gasteiger partial charge in [0.25, 0.3) is 0 Å². The van der Waals surface area contributed by atoms with Crippen molar-refractivity contribution in [3.63, 3.8) is 0 Å². The summed E-state index contributed by atoms with van der Waals surface area (Å²) in [7, 11) is 1.94. The van der Waals surface area contributed by atoms with Gasteiger partial charge in [-0.2, -0.15) is 0 Å². The number of hydrogen-bond donors (Lipinski definition) is 1. The van der Waals surface area contributed by atoms with E-state index in [1.165, 1.54) is 11.5 Å². The minimum absolute atomic E-state index is 0.0945. The summed E-state index contributed by atoms with van der Waals surface area (Å²) in [6.07, 6.45) is 1.92. The quantitative estimate of drug-likeness (QED) is 0.795. The van der Waals surface area contributed by atoms with Crippen LogP contribution in [0.2, 0.25) is 0 Å². The number of benzene rings is 1. The number of aryl methyl sites for hydroxylation is 1. The van der Waals surface area contributed by atoms with Crippen LogP contribution in [0.5, 0.6) is 0 Å². The molecule has 3 aromatic rings. The van der Waals surface area contributed by atoms with Crippen molar-refractivity contribution in [1.29, 1.82) is 0 Å². The topological polar surface area (TPSA) is 50.7 Å². The van der Waals surface area contributed by atoms with Crippen LogP contribution >= 0.6 is 11.5 Å². The first-order chi connectivity index (χ1) is 9.29. The molecule has 0 aliphatic rings. The third-order valence-electron chi connectivity index (χ3n) is 3.18. The van der Waals surface area contributed by atoms with Gasteiger partial charge in [-0.1, -0.05) is 22.7 Å². The number of hydrogen-bond acceptors (Lipinski definition) is 5. The second kappa shape index (κ2) is 5.03. The van der Waals surface area contributed by atoms with Crippen molar-refractivity contribution in [2.45, 2.75) is 13.0 Å². The Morgan fingerprint density at radius 3 is 2.84 bits per heavy atom. The summed E-state index contributed by atoms with van der Waals surface area (Å²) in [5, 5.41) is 8.55. The predicted octanol–water partition coefficient (Wildman–Crippen LogP) is 2.70. The SMILES string of the molecule is CNC(c1cnc2ccccc2c1)c1snnc1C. The maximum Gasteiger partial charge on any atom is 0.0776 e. The highest BCUT2D eigenvalue weighted by atomic mass is 32.1. The Morgan fingerprint density at radius 1 is 1.26 bits per heavy atom. The number of para-hydroxylation sites is 1. The Hall–Kier alpha value is -1.85. The third-order valence-corrected chi connectivity index (χ3v) is 4.07. The van der Waals surface area contributed by atoms with E-state index < -0.39 is 0 Å². The second-order valence-corrected chi connectivity index (χ2v) is 5.19. The van der Waals surface area contributed by atoms with E-state index in [1.54, 1.807) is 0 Å². The van der Waals surface area contributed by atoms with Gasteiger partial charge in [-0.3, -0.25) is 4.98 Å². The van der Waals surface area contributed by atoms with Gasteiger partial charge in [0.1, 0.15) is 0 Å². The van der Waals surface area contributed by atoms with E-state index in [2.05, 4.69) is 32.0 Å². The molecule has 0 spiro atoms. The van der Waals surface area contributed by atoms with Crippen LogP contribution in [0.25, 0.3) is 10.9 Å². The lowest BCUT2D eigenvalue weighted by atomic mass is 10.0. The highest BCUT2D eigenvalue weighted by molar-refractivity contribution is 7.05. The first-order valence-electron chi connectivity index (χ1n) is 6.10. The second-order valence-electron chi connectivity index (χ2n) is 4.41. The van der Waals surface area contributed by atoms with Crippen molar-refractivity contribution in [2.24, 2.45) is 0 Å². The van der Waals surface area contributed by atoms with Crippen LogP contribution in [0.1, 0.15) is 22.2 Å². The number of rotatable bonds is 3. The fourth-order valence-electron chi connectivity index (χ4n) is 2.20. The molecule has 0 bridgehead atoms. The smallest absolute Gasteiger partial charge is 0.0776 e.